The summed E-state index contributed by atoms with van der Waals surface area (Å²) in [5.74, 6) is -0.615. The lowest BCUT2D eigenvalue weighted by Crippen LogP contribution is -2.12. The number of unbranched alkanes of at least 4 members (excludes halogenated alkanes) is 3. The minimum Gasteiger partial charge on any atom is -0.487 e. The van der Waals surface area contributed by atoms with Crippen LogP contribution in [-0.4, -0.2) is 22.0 Å². The molecule has 2 aromatic carbocycles. The number of rotatable bonds is 9. The molecule has 0 aliphatic carbocycles. The summed E-state index contributed by atoms with van der Waals surface area (Å²) in [6, 6.07) is 9.05. The number of aliphatic carboxylic acids is 1. The molecule has 36 heavy (non-hydrogen) atoms. The van der Waals surface area contributed by atoms with Gasteiger partial charge in [-0.05, 0) is 49.6 Å². The van der Waals surface area contributed by atoms with Gasteiger partial charge >= 0.3 is 5.97 Å². The number of halogens is 2. The number of aryl methyl sites for hydroxylation is 1. The third kappa shape index (κ3) is 5.75. The molecule has 0 spiro atoms. The molecule has 0 saturated carbocycles. The van der Waals surface area contributed by atoms with Crippen molar-refractivity contribution in [1.82, 2.24) is 4.98 Å². The van der Waals surface area contributed by atoms with Gasteiger partial charge in [-0.2, -0.15) is 0 Å². The Balaban J connectivity index is 1.54. The van der Waals surface area contributed by atoms with Gasteiger partial charge in [-0.25, -0.2) is 9.78 Å². The van der Waals surface area contributed by atoms with E-state index < -0.39 is 11.9 Å². The van der Waals surface area contributed by atoms with Crippen molar-refractivity contribution in [3.8, 4) is 17.0 Å². The summed E-state index contributed by atoms with van der Waals surface area (Å²) < 4.78 is 6.11. The van der Waals surface area contributed by atoms with E-state index in [4.69, 9.17) is 38.0 Å². The summed E-state index contributed by atoms with van der Waals surface area (Å²) in [5, 5.41) is 12.7. The second kappa shape index (κ2) is 11.5. The molecule has 1 aromatic heterocycles. The standard InChI is InChI=1S/C27H26Cl2N2O4S/c1-3-4-5-6-8-16-9-7-10-18-23-22(14-35-24(16)18)36-27(30-23)31-25(32)17-12-20(28)19(21(29)13-17)11-15(2)26(33)34/h7,9-13H,3-6,8,14H2,1-2H3,(H,33,34)(H,30,31,32)/b15-11+. The zero-order valence-corrected chi connectivity index (χ0v) is 22.3. The molecule has 0 atom stereocenters. The minimum absolute atomic E-state index is 0.0796. The minimum atomic E-state index is -1.08. The van der Waals surface area contributed by atoms with Crippen LogP contribution in [0.25, 0.3) is 17.3 Å². The Hall–Kier alpha value is -2.87. The molecular formula is C27H26Cl2N2O4S. The van der Waals surface area contributed by atoms with Crippen LogP contribution in [0.1, 0.15) is 65.9 Å². The normalized spacial score (nSPS) is 12.5. The number of nitrogens with one attached hydrogen (secondary N) is 1. The number of para-hydroxylation sites is 1. The van der Waals surface area contributed by atoms with Crippen LogP contribution in [0, 0.1) is 0 Å². The Bertz CT molecular complexity index is 1330. The van der Waals surface area contributed by atoms with Gasteiger partial charge in [0.1, 0.15) is 12.4 Å². The Morgan fingerprint density at radius 1 is 1.19 bits per heavy atom. The molecule has 4 rings (SSSR count). The largest absolute Gasteiger partial charge is 0.487 e. The number of carbonyl (C=O) groups is 2. The number of hydrogen-bond acceptors (Lipinski definition) is 5. The zero-order valence-electron chi connectivity index (χ0n) is 20.0. The van der Waals surface area contributed by atoms with E-state index in [9.17, 15) is 9.59 Å². The maximum absolute atomic E-state index is 12.9. The van der Waals surface area contributed by atoms with Crippen molar-refractivity contribution in [3.05, 3.63) is 67.5 Å². The lowest BCUT2D eigenvalue weighted by molar-refractivity contribution is -0.132. The molecule has 0 bridgehead atoms. The number of ether oxygens (including phenoxy) is 1. The first-order valence-corrected chi connectivity index (χ1v) is 13.3. The van der Waals surface area contributed by atoms with Crippen LogP contribution in [-0.2, 0) is 17.8 Å². The monoisotopic (exact) mass is 544 g/mol. The van der Waals surface area contributed by atoms with Gasteiger partial charge in [0, 0.05) is 22.3 Å². The fraction of sp³-hybridized carbons (Fsp3) is 0.296. The van der Waals surface area contributed by atoms with Crippen molar-refractivity contribution < 1.29 is 19.4 Å². The Morgan fingerprint density at radius 2 is 1.94 bits per heavy atom. The average Bonchev–Trinajstić information content (AvgIpc) is 3.26. The van der Waals surface area contributed by atoms with E-state index in [1.165, 1.54) is 61.3 Å². The van der Waals surface area contributed by atoms with Crippen molar-refractivity contribution >= 4 is 57.6 Å². The second-order valence-corrected chi connectivity index (χ2v) is 10.5. The molecule has 2 heterocycles. The van der Waals surface area contributed by atoms with Crippen LogP contribution in [0.15, 0.2) is 35.9 Å². The van der Waals surface area contributed by atoms with Gasteiger partial charge in [-0.3, -0.25) is 10.1 Å². The van der Waals surface area contributed by atoms with E-state index in [2.05, 4.69) is 18.3 Å². The third-order valence-electron chi connectivity index (χ3n) is 5.96. The summed E-state index contributed by atoms with van der Waals surface area (Å²) in [5.41, 5.74) is 3.62. The van der Waals surface area contributed by atoms with Gasteiger partial charge in [-0.15, -0.1) is 0 Å². The van der Waals surface area contributed by atoms with Crippen molar-refractivity contribution in [2.24, 2.45) is 0 Å². The van der Waals surface area contributed by atoms with Gasteiger partial charge < -0.3 is 9.84 Å². The van der Waals surface area contributed by atoms with E-state index in [0.29, 0.717) is 17.3 Å². The van der Waals surface area contributed by atoms with Crippen LogP contribution in [0.5, 0.6) is 5.75 Å². The first-order valence-electron chi connectivity index (χ1n) is 11.7. The lowest BCUT2D eigenvalue weighted by Gasteiger charge is -2.19. The number of amides is 1. The summed E-state index contributed by atoms with van der Waals surface area (Å²) >= 11 is 14.0. The predicted molar refractivity (Wildman–Crippen MR) is 145 cm³/mol. The van der Waals surface area contributed by atoms with Gasteiger partial charge in [-0.1, -0.05) is 72.9 Å². The van der Waals surface area contributed by atoms with Crippen LogP contribution < -0.4 is 10.1 Å². The highest BCUT2D eigenvalue weighted by Crippen LogP contribution is 2.43. The van der Waals surface area contributed by atoms with Crippen LogP contribution in [0.2, 0.25) is 10.0 Å². The third-order valence-corrected chi connectivity index (χ3v) is 7.53. The van der Waals surface area contributed by atoms with Crippen molar-refractivity contribution in [2.45, 2.75) is 52.6 Å². The highest BCUT2D eigenvalue weighted by molar-refractivity contribution is 7.16. The number of carbonyl (C=O) groups excluding carboxylic acids is 1. The number of aromatic nitrogens is 1. The Kier molecular flexibility index (Phi) is 8.34. The first kappa shape index (κ1) is 26.2. The summed E-state index contributed by atoms with van der Waals surface area (Å²) in [6.07, 6.45) is 7.08. The number of carboxylic acid groups (broad SMARTS) is 1. The molecule has 0 saturated heterocycles. The highest BCUT2D eigenvalue weighted by Gasteiger charge is 2.25. The van der Waals surface area contributed by atoms with E-state index in [0.717, 1.165) is 34.7 Å². The summed E-state index contributed by atoms with van der Waals surface area (Å²) in [4.78, 5) is 29.7. The van der Waals surface area contributed by atoms with Crippen molar-refractivity contribution in [2.75, 3.05) is 5.32 Å². The smallest absolute Gasteiger partial charge is 0.331 e. The SMILES string of the molecule is CCCCCCc1cccc2c1OCc1sc(NC(=O)c3cc(Cl)c(/C=C(\C)C(=O)O)c(Cl)c3)nc1-2. The number of fused-ring (bicyclic) bond motifs is 3. The van der Waals surface area contributed by atoms with E-state index in [1.54, 1.807) is 0 Å². The molecule has 2 N–H and O–H groups in total. The number of hydrogen-bond donors (Lipinski definition) is 2. The van der Waals surface area contributed by atoms with Crippen LogP contribution >= 0.6 is 34.5 Å². The number of nitrogens with zero attached hydrogens (tertiary/aromatic N) is 1. The topological polar surface area (TPSA) is 88.5 Å². The maximum Gasteiger partial charge on any atom is 0.331 e. The van der Waals surface area contributed by atoms with E-state index in [-0.39, 0.29) is 21.2 Å². The molecule has 1 aliphatic heterocycles. The molecule has 0 radical (unpaired) electrons. The first-order chi connectivity index (χ1) is 17.3. The number of anilines is 1. The molecular weight excluding hydrogens is 519 g/mol. The van der Waals surface area contributed by atoms with Gasteiger partial charge in [0.15, 0.2) is 5.13 Å². The van der Waals surface area contributed by atoms with E-state index >= 15 is 0 Å². The number of carboxylic acids is 1. The molecule has 9 heteroatoms. The molecule has 0 fully saturated rings. The van der Waals surface area contributed by atoms with Crippen LogP contribution in [0.4, 0.5) is 5.13 Å². The Labute approximate surface area is 223 Å². The predicted octanol–water partition coefficient (Wildman–Crippen LogP) is 7.87. The molecule has 1 aliphatic rings. The highest BCUT2D eigenvalue weighted by atomic mass is 35.5. The molecule has 6 nitrogen and oxygen atoms in total. The summed E-state index contributed by atoms with van der Waals surface area (Å²) in [6.45, 7) is 4.05. The van der Waals surface area contributed by atoms with Gasteiger partial charge in [0.2, 0.25) is 0 Å². The number of benzene rings is 2. The average molecular weight is 545 g/mol. The van der Waals surface area contributed by atoms with Gasteiger partial charge in [0.05, 0.1) is 20.6 Å². The van der Waals surface area contributed by atoms with E-state index in [1.807, 2.05) is 12.1 Å². The van der Waals surface area contributed by atoms with Crippen molar-refractivity contribution in [3.63, 3.8) is 0 Å². The second-order valence-electron chi connectivity index (χ2n) is 8.62. The van der Waals surface area contributed by atoms with Crippen molar-refractivity contribution in [1.29, 1.82) is 0 Å². The fourth-order valence-electron chi connectivity index (χ4n) is 4.03. The zero-order chi connectivity index (χ0) is 25.8. The quantitative estimate of drug-likeness (QED) is 0.211. The molecule has 3 aromatic rings. The molecule has 0 unspecified atom stereocenters. The summed E-state index contributed by atoms with van der Waals surface area (Å²) in [7, 11) is 0. The van der Waals surface area contributed by atoms with Gasteiger partial charge in [0.25, 0.3) is 5.91 Å². The molecule has 188 valence electrons. The Morgan fingerprint density at radius 3 is 2.64 bits per heavy atom. The fourth-order valence-corrected chi connectivity index (χ4v) is 5.51. The molecule has 1 amide bonds. The van der Waals surface area contributed by atoms with Crippen LogP contribution in [0.3, 0.4) is 0 Å². The lowest BCUT2D eigenvalue weighted by atomic mass is 9.99. The maximum atomic E-state index is 12.9. The number of thiazole rings is 1.